The summed E-state index contributed by atoms with van der Waals surface area (Å²) in [5.74, 6) is -0.128. The molecule has 1 aromatic heterocycles. The quantitative estimate of drug-likeness (QED) is 0.675. The van der Waals surface area contributed by atoms with E-state index in [0.717, 1.165) is 11.3 Å². The maximum atomic E-state index is 13.6. The first-order valence-electron chi connectivity index (χ1n) is 8.04. The maximum Gasteiger partial charge on any atom is 0.251 e. The van der Waals surface area contributed by atoms with Gasteiger partial charge in [-0.2, -0.15) is 0 Å². The molecule has 0 fully saturated rings. The van der Waals surface area contributed by atoms with E-state index in [1.165, 1.54) is 6.07 Å². The zero-order valence-electron chi connectivity index (χ0n) is 14.1. The van der Waals surface area contributed by atoms with Gasteiger partial charge in [-0.3, -0.25) is 4.79 Å². The van der Waals surface area contributed by atoms with Crippen LogP contribution in [0.2, 0.25) is 5.02 Å². The van der Waals surface area contributed by atoms with Crippen molar-refractivity contribution in [3.05, 3.63) is 88.3 Å². The number of carbonyl (C=O) groups is 1. The van der Waals surface area contributed by atoms with Crippen molar-refractivity contribution in [1.82, 2.24) is 10.3 Å². The van der Waals surface area contributed by atoms with Crippen molar-refractivity contribution >= 4 is 29.0 Å². The number of nitrogens with zero attached hydrogens (tertiary/aromatic N) is 1. The second-order valence-electron chi connectivity index (χ2n) is 5.74. The first-order valence-corrected chi connectivity index (χ1v) is 8.42. The molecule has 3 rings (SSSR count). The van der Waals surface area contributed by atoms with Gasteiger partial charge < -0.3 is 10.6 Å². The van der Waals surface area contributed by atoms with E-state index >= 15 is 0 Å². The van der Waals surface area contributed by atoms with E-state index < -0.39 is 0 Å². The third-order valence-electron chi connectivity index (χ3n) is 3.95. The van der Waals surface area contributed by atoms with E-state index in [0.29, 0.717) is 22.0 Å². The van der Waals surface area contributed by atoms with Crippen molar-refractivity contribution in [2.75, 3.05) is 5.32 Å². The summed E-state index contributed by atoms with van der Waals surface area (Å²) >= 11 is 6.12. The van der Waals surface area contributed by atoms with Crippen LogP contribution in [0.15, 0.2) is 60.8 Å². The Balaban J connectivity index is 1.71. The molecule has 0 bridgehead atoms. The third kappa shape index (κ3) is 4.18. The molecule has 0 aliphatic heterocycles. The summed E-state index contributed by atoms with van der Waals surface area (Å²) in [4.78, 5) is 16.6. The van der Waals surface area contributed by atoms with E-state index in [1.54, 1.807) is 36.5 Å². The highest BCUT2D eigenvalue weighted by Gasteiger charge is 2.09. The van der Waals surface area contributed by atoms with Crippen molar-refractivity contribution in [3.63, 3.8) is 0 Å². The Labute approximate surface area is 156 Å². The summed E-state index contributed by atoms with van der Waals surface area (Å²) in [6.07, 6.45) is 1.54. The summed E-state index contributed by atoms with van der Waals surface area (Å²) in [5, 5.41) is 6.51. The maximum absolute atomic E-state index is 13.6. The highest BCUT2D eigenvalue weighted by atomic mass is 35.5. The number of rotatable bonds is 5. The van der Waals surface area contributed by atoms with Gasteiger partial charge in [-0.15, -0.1) is 0 Å². The molecule has 0 atom stereocenters. The molecule has 0 unspecified atom stereocenters. The summed E-state index contributed by atoms with van der Waals surface area (Å²) < 4.78 is 13.6. The van der Waals surface area contributed by atoms with Gasteiger partial charge in [0.05, 0.1) is 0 Å². The number of benzene rings is 2. The minimum atomic E-state index is -0.346. The van der Waals surface area contributed by atoms with Crippen molar-refractivity contribution in [2.45, 2.75) is 13.5 Å². The second kappa shape index (κ2) is 7.97. The number of nitrogens with one attached hydrogen (secondary N) is 2. The Bertz CT molecular complexity index is 946. The molecule has 1 heterocycles. The summed E-state index contributed by atoms with van der Waals surface area (Å²) in [6.45, 7) is 2.01. The molecule has 0 aliphatic carbocycles. The predicted octanol–water partition coefficient (Wildman–Crippen LogP) is 4.86. The largest absolute Gasteiger partial charge is 0.348 e. The first-order chi connectivity index (χ1) is 12.5. The molecule has 26 heavy (non-hydrogen) atoms. The molecule has 0 aliphatic rings. The lowest BCUT2D eigenvalue weighted by atomic mass is 10.2. The van der Waals surface area contributed by atoms with Gasteiger partial charge in [-0.1, -0.05) is 35.9 Å². The van der Waals surface area contributed by atoms with Crippen LogP contribution in [0.3, 0.4) is 0 Å². The highest BCUT2D eigenvalue weighted by molar-refractivity contribution is 6.31. The number of hydrogen-bond acceptors (Lipinski definition) is 3. The van der Waals surface area contributed by atoms with Gasteiger partial charge in [0.2, 0.25) is 0 Å². The van der Waals surface area contributed by atoms with Crippen LogP contribution in [0.5, 0.6) is 0 Å². The van der Waals surface area contributed by atoms with Crippen LogP contribution in [0, 0.1) is 12.7 Å². The average Bonchev–Trinajstić information content (AvgIpc) is 2.65. The molecule has 3 aromatic rings. The normalized spacial score (nSPS) is 10.4. The number of hydrogen-bond donors (Lipinski definition) is 2. The van der Waals surface area contributed by atoms with E-state index in [9.17, 15) is 9.18 Å². The SMILES string of the molecule is Cc1c(Cl)cccc1Nc1cc(C(=O)NCc2ccccc2F)ccn1. The number of amides is 1. The number of anilines is 2. The summed E-state index contributed by atoms with van der Waals surface area (Å²) in [6, 6.07) is 15.1. The average molecular weight is 370 g/mol. The van der Waals surface area contributed by atoms with Gasteiger partial charge in [0.25, 0.3) is 5.91 Å². The molecular formula is C20H17ClFN3O. The Morgan fingerprint density at radius 2 is 1.96 bits per heavy atom. The highest BCUT2D eigenvalue weighted by Crippen LogP contribution is 2.25. The van der Waals surface area contributed by atoms with Crippen LogP contribution in [0.25, 0.3) is 0 Å². The lowest BCUT2D eigenvalue weighted by Crippen LogP contribution is -2.23. The third-order valence-corrected chi connectivity index (χ3v) is 4.36. The van der Waals surface area contributed by atoms with Crippen molar-refractivity contribution in [3.8, 4) is 0 Å². The Morgan fingerprint density at radius 3 is 2.77 bits per heavy atom. The smallest absolute Gasteiger partial charge is 0.251 e. The van der Waals surface area contributed by atoms with Crippen LogP contribution in [-0.2, 0) is 6.54 Å². The monoisotopic (exact) mass is 369 g/mol. The molecule has 1 amide bonds. The lowest BCUT2D eigenvalue weighted by molar-refractivity contribution is 0.0950. The van der Waals surface area contributed by atoms with Gasteiger partial charge in [0.1, 0.15) is 11.6 Å². The molecule has 2 N–H and O–H groups in total. The van der Waals surface area contributed by atoms with Crippen molar-refractivity contribution in [2.24, 2.45) is 0 Å². The fraction of sp³-hybridized carbons (Fsp3) is 0.100. The number of carbonyl (C=O) groups excluding carboxylic acids is 1. The molecule has 0 spiro atoms. The van der Waals surface area contributed by atoms with Gasteiger partial charge in [-0.25, -0.2) is 9.37 Å². The second-order valence-corrected chi connectivity index (χ2v) is 6.15. The van der Waals surface area contributed by atoms with Gasteiger partial charge in [-0.05, 0) is 42.8 Å². The van der Waals surface area contributed by atoms with E-state index in [1.807, 2.05) is 25.1 Å². The number of pyridine rings is 1. The molecule has 2 aromatic carbocycles. The molecule has 0 saturated heterocycles. The number of aromatic nitrogens is 1. The van der Waals surface area contributed by atoms with Gasteiger partial charge in [0.15, 0.2) is 0 Å². The minimum Gasteiger partial charge on any atom is -0.348 e. The predicted molar refractivity (Wildman–Crippen MR) is 101 cm³/mol. The zero-order chi connectivity index (χ0) is 18.5. The van der Waals surface area contributed by atoms with Crippen molar-refractivity contribution in [1.29, 1.82) is 0 Å². The van der Waals surface area contributed by atoms with Crippen LogP contribution in [-0.4, -0.2) is 10.9 Å². The topological polar surface area (TPSA) is 54.0 Å². The van der Waals surface area contributed by atoms with E-state index in [-0.39, 0.29) is 18.3 Å². The zero-order valence-corrected chi connectivity index (χ0v) is 14.8. The fourth-order valence-corrected chi connectivity index (χ4v) is 2.61. The summed E-state index contributed by atoms with van der Waals surface area (Å²) in [5.41, 5.74) is 2.57. The Hall–Kier alpha value is -2.92. The van der Waals surface area contributed by atoms with Crippen LogP contribution in [0.4, 0.5) is 15.9 Å². The van der Waals surface area contributed by atoms with Crippen molar-refractivity contribution < 1.29 is 9.18 Å². The van der Waals surface area contributed by atoms with E-state index in [4.69, 9.17) is 11.6 Å². The van der Waals surface area contributed by atoms with Gasteiger partial charge >= 0.3 is 0 Å². The molecular weight excluding hydrogens is 353 g/mol. The molecule has 0 saturated carbocycles. The van der Waals surface area contributed by atoms with Crippen LogP contribution >= 0.6 is 11.6 Å². The number of halogens is 2. The molecule has 6 heteroatoms. The van der Waals surface area contributed by atoms with Crippen LogP contribution in [0.1, 0.15) is 21.5 Å². The lowest BCUT2D eigenvalue weighted by Gasteiger charge is -2.11. The molecule has 4 nitrogen and oxygen atoms in total. The Morgan fingerprint density at radius 1 is 1.15 bits per heavy atom. The standard InChI is InChI=1S/C20H17ClFN3O/c1-13-16(21)6-4-8-18(13)25-19-11-14(9-10-23-19)20(26)24-12-15-5-2-3-7-17(15)22/h2-11H,12H2,1H3,(H,23,25)(H,24,26). The van der Waals surface area contributed by atoms with E-state index in [2.05, 4.69) is 15.6 Å². The van der Waals surface area contributed by atoms with Gasteiger partial charge in [0, 0.05) is 34.6 Å². The molecule has 0 radical (unpaired) electrons. The fourth-order valence-electron chi connectivity index (χ4n) is 2.44. The summed E-state index contributed by atoms with van der Waals surface area (Å²) in [7, 11) is 0. The first kappa shape index (κ1) is 17.9. The van der Waals surface area contributed by atoms with Crippen LogP contribution < -0.4 is 10.6 Å². The molecule has 132 valence electrons. The minimum absolute atomic E-state index is 0.115. The Kier molecular flexibility index (Phi) is 5.49.